The molecule has 2 rings (SSSR count). The van der Waals surface area contributed by atoms with Crippen LogP contribution in [0.1, 0.15) is 21.6 Å². The van der Waals surface area contributed by atoms with Gasteiger partial charge in [0.1, 0.15) is 0 Å². The summed E-state index contributed by atoms with van der Waals surface area (Å²) in [5.74, 6) is -0.894. The van der Waals surface area contributed by atoms with E-state index in [0.717, 1.165) is 30.8 Å². The van der Waals surface area contributed by atoms with Crippen LogP contribution in [-0.2, 0) is 13.0 Å². The summed E-state index contributed by atoms with van der Waals surface area (Å²) < 4.78 is 0. The molecule has 0 saturated heterocycles. The molecule has 0 atom stereocenters. The minimum absolute atomic E-state index is 0.317. The number of benzene rings is 1. The maximum atomic E-state index is 10.7. The zero-order chi connectivity index (χ0) is 13.5. The standard InChI is InChI=1S/C15H16N2O2/c18-15(19)13-6-4-12(5-7-13)11-16-10-8-14-3-1-2-9-17-14/h1-7,9,16H,8,10-11H2,(H,18,19). The Bertz CT molecular complexity index is 524. The monoisotopic (exact) mass is 256 g/mol. The molecule has 0 aliphatic carbocycles. The highest BCUT2D eigenvalue weighted by Gasteiger charge is 2.01. The predicted octanol–water partition coefficient (Wildman–Crippen LogP) is 2.11. The van der Waals surface area contributed by atoms with Gasteiger partial charge in [0, 0.05) is 31.4 Å². The van der Waals surface area contributed by atoms with Crippen molar-refractivity contribution in [3.05, 3.63) is 65.5 Å². The number of nitrogens with one attached hydrogen (secondary N) is 1. The Hall–Kier alpha value is -2.20. The van der Waals surface area contributed by atoms with E-state index in [1.54, 1.807) is 18.3 Å². The van der Waals surface area contributed by atoms with Crippen LogP contribution < -0.4 is 5.32 Å². The normalized spacial score (nSPS) is 10.3. The lowest BCUT2D eigenvalue weighted by Crippen LogP contribution is -2.17. The van der Waals surface area contributed by atoms with Crippen LogP contribution in [0, 0.1) is 0 Å². The summed E-state index contributed by atoms with van der Waals surface area (Å²) in [5.41, 5.74) is 2.46. The van der Waals surface area contributed by atoms with E-state index in [2.05, 4.69) is 10.3 Å². The van der Waals surface area contributed by atoms with Crippen LogP contribution in [0.2, 0.25) is 0 Å². The molecule has 4 heteroatoms. The van der Waals surface area contributed by atoms with Gasteiger partial charge in [0.15, 0.2) is 0 Å². The molecule has 0 aliphatic heterocycles. The van der Waals surface area contributed by atoms with E-state index in [-0.39, 0.29) is 0 Å². The van der Waals surface area contributed by atoms with Gasteiger partial charge in [0.2, 0.25) is 0 Å². The van der Waals surface area contributed by atoms with Crippen molar-refractivity contribution in [1.82, 2.24) is 10.3 Å². The summed E-state index contributed by atoms with van der Waals surface area (Å²) in [6, 6.07) is 12.8. The highest BCUT2D eigenvalue weighted by molar-refractivity contribution is 5.87. The Morgan fingerprint density at radius 2 is 1.95 bits per heavy atom. The number of aromatic carboxylic acids is 1. The molecule has 1 aromatic carbocycles. The van der Waals surface area contributed by atoms with Crippen molar-refractivity contribution in [2.24, 2.45) is 0 Å². The van der Waals surface area contributed by atoms with Crippen LogP contribution in [-0.4, -0.2) is 22.6 Å². The molecular formula is C15H16N2O2. The minimum Gasteiger partial charge on any atom is -0.478 e. The molecule has 1 aromatic heterocycles. The molecule has 19 heavy (non-hydrogen) atoms. The van der Waals surface area contributed by atoms with Crippen molar-refractivity contribution in [3.63, 3.8) is 0 Å². The molecule has 4 nitrogen and oxygen atoms in total. The third kappa shape index (κ3) is 4.19. The zero-order valence-electron chi connectivity index (χ0n) is 10.5. The van der Waals surface area contributed by atoms with Crippen molar-refractivity contribution in [2.45, 2.75) is 13.0 Å². The van der Waals surface area contributed by atoms with Gasteiger partial charge >= 0.3 is 5.97 Å². The third-order valence-corrected chi connectivity index (χ3v) is 2.81. The van der Waals surface area contributed by atoms with E-state index in [0.29, 0.717) is 5.56 Å². The molecule has 0 bridgehead atoms. The number of pyridine rings is 1. The number of nitrogens with zero attached hydrogens (tertiary/aromatic N) is 1. The van der Waals surface area contributed by atoms with Gasteiger partial charge in [-0.05, 0) is 29.8 Å². The Morgan fingerprint density at radius 1 is 1.16 bits per heavy atom. The van der Waals surface area contributed by atoms with Crippen LogP contribution in [0.25, 0.3) is 0 Å². The lowest BCUT2D eigenvalue weighted by Gasteiger charge is -2.05. The van der Waals surface area contributed by atoms with E-state index in [1.165, 1.54) is 0 Å². The molecule has 0 fully saturated rings. The number of hydrogen-bond acceptors (Lipinski definition) is 3. The van der Waals surface area contributed by atoms with Crippen LogP contribution >= 0.6 is 0 Å². The first-order valence-corrected chi connectivity index (χ1v) is 6.18. The third-order valence-electron chi connectivity index (χ3n) is 2.81. The maximum absolute atomic E-state index is 10.7. The smallest absolute Gasteiger partial charge is 0.335 e. The Kier molecular flexibility index (Phi) is 4.64. The Morgan fingerprint density at radius 3 is 2.58 bits per heavy atom. The summed E-state index contributed by atoms with van der Waals surface area (Å²) in [5, 5.41) is 12.1. The second kappa shape index (κ2) is 6.66. The lowest BCUT2D eigenvalue weighted by molar-refractivity contribution is 0.0697. The number of hydrogen-bond donors (Lipinski definition) is 2. The average Bonchev–Trinajstić information content (AvgIpc) is 2.45. The molecule has 0 radical (unpaired) electrons. The summed E-state index contributed by atoms with van der Waals surface area (Å²) in [6.07, 6.45) is 2.67. The van der Waals surface area contributed by atoms with Gasteiger partial charge in [-0.1, -0.05) is 18.2 Å². The summed E-state index contributed by atoms with van der Waals surface area (Å²) >= 11 is 0. The van der Waals surface area contributed by atoms with Crippen LogP contribution in [0.15, 0.2) is 48.7 Å². The second-order valence-electron chi connectivity index (χ2n) is 4.25. The van der Waals surface area contributed by atoms with Gasteiger partial charge in [-0.25, -0.2) is 4.79 Å². The molecule has 0 saturated carbocycles. The summed E-state index contributed by atoms with van der Waals surface area (Å²) in [4.78, 5) is 15.0. The van der Waals surface area contributed by atoms with Crippen LogP contribution in [0.4, 0.5) is 0 Å². The SMILES string of the molecule is O=C(O)c1ccc(CNCCc2ccccn2)cc1. The Labute approximate surface area is 112 Å². The molecule has 0 unspecified atom stereocenters. The lowest BCUT2D eigenvalue weighted by atomic mass is 10.1. The van der Waals surface area contributed by atoms with E-state index in [4.69, 9.17) is 5.11 Å². The summed E-state index contributed by atoms with van der Waals surface area (Å²) in [6.45, 7) is 1.57. The fraction of sp³-hybridized carbons (Fsp3) is 0.200. The maximum Gasteiger partial charge on any atom is 0.335 e. The first-order valence-electron chi connectivity index (χ1n) is 6.18. The van der Waals surface area contributed by atoms with Crippen molar-refractivity contribution in [2.75, 3.05) is 6.54 Å². The van der Waals surface area contributed by atoms with Crippen LogP contribution in [0.3, 0.4) is 0 Å². The van der Waals surface area contributed by atoms with Gasteiger partial charge in [0.25, 0.3) is 0 Å². The minimum atomic E-state index is -0.894. The predicted molar refractivity (Wildman–Crippen MR) is 73.0 cm³/mol. The number of rotatable bonds is 6. The summed E-state index contributed by atoms with van der Waals surface area (Å²) in [7, 11) is 0. The molecular weight excluding hydrogens is 240 g/mol. The molecule has 2 N–H and O–H groups in total. The molecule has 0 spiro atoms. The highest BCUT2D eigenvalue weighted by atomic mass is 16.4. The number of carboxylic acid groups (broad SMARTS) is 1. The van der Waals surface area contributed by atoms with E-state index < -0.39 is 5.97 Å². The fourth-order valence-corrected chi connectivity index (χ4v) is 1.76. The van der Waals surface area contributed by atoms with Crippen molar-refractivity contribution >= 4 is 5.97 Å². The van der Waals surface area contributed by atoms with E-state index in [1.807, 2.05) is 30.3 Å². The first-order chi connectivity index (χ1) is 9.25. The number of carboxylic acids is 1. The molecule has 98 valence electrons. The topological polar surface area (TPSA) is 62.2 Å². The van der Waals surface area contributed by atoms with Gasteiger partial charge in [-0.3, -0.25) is 4.98 Å². The zero-order valence-corrected chi connectivity index (χ0v) is 10.5. The average molecular weight is 256 g/mol. The van der Waals surface area contributed by atoms with Gasteiger partial charge in [-0.15, -0.1) is 0 Å². The van der Waals surface area contributed by atoms with Gasteiger partial charge in [0.05, 0.1) is 5.56 Å². The molecule has 2 aromatic rings. The number of carbonyl (C=O) groups is 1. The molecule has 1 heterocycles. The van der Waals surface area contributed by atoms with E-state index >= 15 is 0 Å². The molecule has 0 amide bonds. The molecule has 0 aliphatic rings. The largest absolute Gasteiger partial charge is 0.478 e. The van der Waals surface area contributed by atoms with E-state index in [9.17, 15) is 4.79 Å². The van der Waals surface area contributed by atoms with Crippen molar-refractivity contribution in [1.29, 1.82) is 0 Å². The van der Waals surface area contributed by atoms with Crippen LogP contribution in [0.5, 0.6) is 0 Å². The van der Waals surface area contributed by atoms with Crippen molar-refractivity contribution in [3.8, 4) is 0 Å². The first kappa shape index (κ1) is 13.2. The quantitative estimate of drug-likeness (QED) is 0.777. The van der Waals surface area contributed by atoms with Gasteiger partial charge < -0.3 is 10.4 Å². The fourth-order valence-electron chi connectivity index (χ4n) is 1.76. The number of aromatic nitrogens is 1. The highest BCUT2D eigenvalue weighted by Crippen LogP contribution is 2.04. The Balaban J connectivity index is 1.75. The second-order valence-corrected chi connectivity index (χ2v) is 4.25. The van der Waals surface area contributed by atoms with Crippen molar-refractivity contribution < 1.29 is 9.90 Å². The van der Waals surface area contributed by atoms with Gasteiger partial charge in [-0.2, -0.15) is 0 Å².